The molecule has 1 aromatic carbocycles. The van der Waals surface area contributed by atoms with E-state index in [0.29, 0.717) is 29.1 Å². The number of piperidine rings is 2. The number of pyridine rings is 1. The maximum Gasteiger partial charge on any atom is 0.227 e. The molecular formula is C27H34Cl2N4O2. The van der Waals surface area contributed by atoms with Gasteiger partial charge in [-0.25, -0.2) is 0 Å². The normalized spacial score (nSPS) is 21.9. The molecule has 4 rings (SSSR count). The molecule has 0 saturated carbocycles. The number of aryl methyl sites for hydroxylation is 1. The number of carbonyl (C=O) groups is 2. The summed E-state index contributed by atoms with van der Waals surface area (Å²) >= 11 is 12.7. The molecule has 2 aliphatic heterocycles. The highest BCUT2D eigenvalue weighted by molar-refractivity contribution is 6.42. The van der Waals surface area contributed by atoms with E-state index in [0.717, 1.165) is 62.3 Å². The van der Waals surface area contributed by atoms with Crippen molar-refractivity contribution in [1.29, 1.82) is 0 Å². The third kappa shape index (κ3) is 5.82. The Balaban J connectivity index is 1.55. The minimum atomic E-state index is -0.236. The summed E-state index contributed by atoms with van der Waals surface area (Å²) in [6, 6.07) is 10.1. The summed E-state index contributed by atoms with van der Waals surface area (Å²) in [5, 5.41) is 1.07. The zero-order chi connectivity index (χ0) is 25.2. The highest BCUT2D eigenvalue weighted by atomic mass is 35.5. The van der Waals surface area contributed by atoms with Crippen LogP contribution in [-0.4, -0.2) is 65.9 Å². The number of carbonyl (C=O) groups excluding carboxylic acids is 2. The van der Waals surface area contributed by atoms with E-state index in [2.05, 4.69) is 16.0 Å². The van der Waals surface area contributed by atoms with Gasteiger partial charge in [-0.1, -0.05) is 29.3 Å². The van der Waals surface area contributed by atoms with Crippen LogP contribution in [-0.2, 0) is 15.0 Å². The highest BCUT2D eigenvalue weighted by Crippen LogP contribution is 2.41. The average Bonchev–Trinajstić information content (AvgIpc) is 2.86. The Hall–Kier alpha value is -2.15. The van der Waals surface area contributed by atoms with Crippen LogP contribution >= 0.6 is 23.2 Å². The number of hydrogen-bond acceptors (Lipinski definition) is 4. The van der Waals surface area contributed by atoms with E-state index in [1.54, 1.807) is 13.1 Å². The molecule has 3 heterocycles. The molecule has 0 spiro atoms. The zero-order valence-corrected chi connectivity index (χ0v) is 22.3. The number of likely N-dealkylation sites (tertiary alicyclic amines) is 1. The molecule has 0 aliphatic carbocycles. The number of rotatable bonds is 6. The van der Waals surface area contributed by atoms with E-state index in [1.165, 1.54) is 0 Å². The third-order valence-corrected chi connectivity index (χ3v) is 8.57. The quantitative estimate of drug-likeness (QED) is 0.536. The van der Waals surface area contributed by atoms with Crippen molar-refractivity contribution in [2.45, 2.75) is 57.4 Å². The van der Waals surface area contributed by atoms with Crippen molar-refractivity contribution in [3.05, 3.63) is 57.8 Å². The Kier molecular flexibility index (Phi) is 8.04. The van der Waals surface area contributed by atoms with Gasteiger partial charge >= 0.3 is 0 Å². The van der Waals surface area contributed by atoms with Crippen LogP contribution in [0.2, 0.25) is 10.0 Å². The number of nitrogens with zero attached hydrogens (tertiary/aromatic N) is 4. The first kappa shape index (κ1) is 25.9. The van der Waals surface area contributed by atoms with E-state index < -0.39 is 0 Å². The van der Waals surface area contributed by atoms with Gasteiger partial charge in [0.2, 0.25) is 11.8 Å². The number of amides is 2. The van der Waals surface area contributed by atoms with Crippen molar-refractivity contribution < 1.29 is 9.59 Å². The fourth-order valence-corrected chi connectivity index (χ4v) is 5.67. The standard InChI is InChI=1S/C27H34Cl2N4O2/c1-19-4-6-23(17-30-19)33-18-27(11-8-26(33)35,21-5-7-24(28)25(29)16-21)12-15-32-13-9-22(10-14-32)31(3)20(2)34/h4-7,16-17,22H,8-15,18H2,1-3H3. The Morgan fingerprint density at radius 3 is 2.54 bits per heavy atom. The average molecular weight is 518 g/mol. The lowest BCUT2D eigenvalue weighted by Gasteiger charge is -2.45. The molecule has 0 N–H and O–H groups in total. The van der Waals surface area contributed by atoms with E-state index in [4.69, 9.17) is 23.2 Å². The predicted octanol–water partition coefficient (Wildman–Crippen LogP) is 5.09. The van der Waals surface area contributed by atoms with Crippen LogP contribution in [0.3, 0.4) is 0 Å². The van der Waals surface area contributed by atoms with Gasteiger partial charge in [0, 0.05) is 57.2 Å². The molecule has 1 aromatic heterocycles. The molecule has 2 aliphatic rings. The smallest absolute Gasteiger partial charge is 0.227 e. The summed E-state index contributed by atoms with van der Waals surface area (Å²) in [7, 11) is 1.90. The Morgan fingerprint density at radius 1 is 1.17 bits per heavy atom. The summed E-state index contributed by atoms with van der Waals surface area (Å²) in [4.78, 5) is 35.4. The summed E-state index contributed by atoms with van der Waals surface area (Å²) in [6.07, 6.45) is 5.89. The van der Waals surface area contributed by atoms with Gasteiger partial charge in [-0.3, -0.25) is 14.6 Å². The second-order valence-corrected chi connectivity index (χ2v) is 10.8. The Bertz CT molecular complexity index is 1070. The van der Waals surface area contributed by atoms with Crippen LogP contribution in [0.5, 0.6) is 0 Å². The zero-order valence-electron chi connectivity index (χ0n) is 20.8. The molecule has 1 atom stereocenters. The first-order chi connectivity index (χ1) is 16.7. The molecule has 2 saturated heterocycles. The Morgan fingerprint density at radius 2 is 1.91 bits per heavy atom. The number of hydrogen-bond donors (Lipinski definition) is 0. The lowest BCUT2D eigenvalue weighted by molar-refractivity contribution is -0.130. The van der Waals surface area contributed by atoms with Crippen molar-refractivity contribution in [2.24, 2.45) is 0 Å². The maximum atomic E-state index is 13.0. The van der Waals surface area contributed by atoms with Crippen LogP contribution in [0.15, 0.2) is 36.5 Å². The fourth-order valence-electron chi connectivity index (χ4n) is 5.38. The fraction of sp³-hybridized carbons (Fsp3) is 0.519. The van der Waals surface area contributed by atoms with Crippen LogP contribution < -0.4 is 4.90 Å². The van der Waals surface area contributed by atoms with Gasteiger partial charge in [0.25, 0.3) is 0 Å². The minimum absolute atomic E-state index is 0.124. The molecule has 6 nitrogen and oxygen atoms in total. The van der Waals surface area contributed by atoms with Crippen molar-refractivity contribution >= 4 is 40.7 Å². The molecule has 2 amide bonds. The minimum Gasteiger partial charge on any atom is -0.343 e. The molecule has 35 heavy (non-hydrogen) atoms. The largest absolute Gasteiger partial charge is 0.343 e. The molecule has 2 aromatic rings. The topological polar surface area (TPSA) is 56.8 Å². The van der Waals surface area contributed by atoms with Gasteiger partial charge in [0.05, 0.1) is 21.9 Å². The van der Waals surface area contributed by atoms with Crippen molar-refractivity contribution in [3.63, 3.8) is 0 Å². The molecule has 188 valence electrons. The lowest BCUT2D eigenvalue weighted by atomic mass is 9.71. The third-order valence-electron chi connectivity index (χ3n) is 7.83. The maximum absolute atomic E-state index is 13.0. The van der Waals surface area contributed by atoms with Crippen LogP contribution in [0.25, 0.3) is 0 Å². The Labute approximate surface area is 218 Å². The van der Waals surface area contributed by atoms with Gasteiger partial charge in [-0.2, -0.15) is 0 Å². The second kappa shape index (κ2) is 10.9. The van der Waals surface area contributed by atoms with E-state index in [1.807, 2.05) is 48.0 Å². The van der Waals surface area contributed by atoms with Crippen LogP contribution in [0.4, 0.5) is 5.69 Å². The molecule has 0 radical (unpaired) electrons. The summed E-state index contributed by atoms with van der Waals surface area (Å²) in [6.45, 7) is 7.00. The monoisotopic (exact) mass is 516 g/mol. The van der Waals surface area contributed by atoms with E-state index in [-0.39, 0.29) is 17.2 Å². The van der Waals surface area contributed by atoms with Gasteiger partial charge in [-0.05, 0) is 69.0 Å². The molecular weight excluding hydrogens is 483 g/mol. The number of halogens is 2. The first-order valence-corrected chi connectivity index (χ1v) is 13.1. The lowest BCUT2D eigenvalue weighted by Crippen LogP contribution is -2.51. The van der Waals surface area contributed by atoms with Crippen LogP contribution in [0, 0.1) is 6.92 Å². The summed E-state index contributed by atoms with van der Waals surface area (Å²) < 4.78 is 0. The van der Waals surface area contributed by atoms with Crippen molar-refractivity contribution in [1.82, 2.24) is 14.8 Å². The molecule has 8 heteroatoms. The number of anilines is 1. The SMILES string of the molecule is CC(=O)N(C)C1CCN(CCC2(c3ccc(Cl)c(Cl)c3)CCC(=O)N(c3ccc(C)nc3)C2)CC1. The number of aromatic nitrogens is 1. The summed E-state index contributed by atoms with van der Waals surface area (Å²) in [5.41, 5.74) is 2.64. The molecule has 0 bridgehead atoms. The molecule has 2 fully saturated rings. The van der Waals surface area contributed by atoms with Gasteiger partial charge in [-0.15, -0.1) is 0 Å². The van der Waals surface area contributed by atoms with Gasteiger partial charge in [0.15, 0.2) is 0 Å². The predicted molar refractivity (Wildman–Crippen MR) is 141 cm³/mol. The van der Waals surface area contributed by atoms with Crippen molar-refractivity contribution in [3.8, 4) is 0 Å². The van der Waals surface area contributed by atoms with E-state index in [9.17, 15) is 9.59 Å². The number of benzene rings is 1. The molecule has 1 unspecified atom stereocenters. The van der Waals surface area contributed by atoms with Gasteiger partial charge in [0.1, 0.15) is 0 Å². The van der Waals surface area contributed by atoms with E-state index >= 15 is 0 Å². The highest BCUT2D eigenvalue weighted by Gasteiger charge is 2.41. The summed E-state index contributed by atoms with van der Waals surface area (Å²) in [5.74, 6) is 0.249. The van der Waals surface area contributed by atoms with Crippen molar-refractivity contribution in [2.75, 3.05) is 38.1 Å². The van der Waals surface area contributed by atoms with Gasteiger partial charge < -0.3 is 14.7 Å². The first-order valence-electron chi connectivity index (χ1n) is 12.3. The second-order valence-electron chi connectivity index (χ2n) is 10.00. The van der Waals surface area contributed by atoms with Crippen LogP contribution in [0.1, 0.15) is 50.3 Å².